The zero-order chi connectivity index (χ0) is 74.6. The number of phosphoric ester groups is 2. The number of carbonyl (C=O) groups is 4. The van der Waals surface area contributed by atoms with Gasteiger partial charge in [-0.1, -0.05) is 257 Å². The van der Waals surface area contributed by atoms with Crippen LogP contribution in [0.1, 0.15) is 297 Å². The molecule has 3 N–H and O–H groups in total. The second kappa shape index (κ2) is 74.2. The van der Waals surface area contributed by atoms with Gasteiger partial charge in [-0.05, 0) is 161 Å². The molecule has 0 heterocycles. The van der Waals surface area contributed by atoms with Crippen molar-refractivity contribution < 1.29 is 80.2 Å². The van der Waals surface area contributed by atoms with Gasteiger partial charge in [0.1, 0.15) is 19.3 Å². The first-order valence-corrected chi connectivity index (χ1v) is 42.1. The fourth-order valence-corrected chi connectivity index (χ4v) is 11.5. The first-order chi connectivity index (χ1) is 49.7. The highest BCUT2D eigenvalue weighted by molar-refractivity contribution is 7.47. The first kappa shape index (κ1) is 96.9. The Balaban J connectivity index is 5.41. The van der Waals surface area contributed by atoms with Crippen molar-refractivity contribution in [2.24, 2.45) is 0 Å². The van der Waals surface area contributed by atoms with Gasteiger partial charge in [0.2, 0.25) is 0 Å². The Morgan fingerprint density at radius 3 is 0.804 bits per heavy atom. The average molecular weight is 1470 g/mol. The molecule has 5 atom stereocenters. The van der Waals surface area contributed by atoms with Gasteiger partial charge in [0.25, 0.3) is 0 Å². The smallest absolute Gasteiger partial charge is 0.462 e. The molecule has 0 aliphatic carbocycles. The van der Waals surface area contributed by atoms with Gasteiger partial charge in [0.05, 0.1) is 26.4 Å². The number of esters is 4. The van der Waals surface area contributed by atoms with E-state index in [2.05, 4.69) is 174 Å². The van der Waals surface area contributed by atoms with Crippen LogP contribution in [0.4, 0.5) is 0 Å². The molecule has 0 aromatic carbocycles. The monoisotopic (exact) mass is 1470 g/mol. The molecular formula is C83H138O17P2. The van der Waals surface area contributed by atoms with Crippen LogP contribution >= 0.6 is 15.6 Å². The maximum Gasteiger partial charge on any atom is 0.472 e. The number of rotatable bonds is 72. The number of hydrogen-bond acceptors (Lipinski definition) is 15. The number of aliphatic hydroxyl groups is 1. The van der Waals surface area contributed by atoms with E-state index in [4.69, 9.17) is 37.0 Å². The molecule has 0 saturated heterocycles. The van der Waals surface area contributed by atoms with Gasteiger partial charge >= 0.3 is 39.5 Å². The van der Waals surface area contributed by atoms with E-state index in [1.54, 1.807) is 0 Å². The zero-order valence-corrected chi connectivity index (χ0v) is 65.3. The van der Waals surface area contributed by atoms with Crippen LogP contribution in [-0.2, 0) is 65.4 Å². The summed E-state index contributed by atoms with van der Waals surface area (Å²) in [5, 5.41) is 10.6. The molecule has 0 bridgehead atoms. The number of ether oxygens (including phenoxy) is 4. The molecule has 0 aliphatic heterocycles. The molecule has 0 spiro atoms. The van der Waals surface area contributed by atoms with Gasteiger partial charge in [0, 0.05) is 25.7 Å². The van der Waals surface area contributed by atoms with Crippen LogP contribution in [0, 0.1) is 0 Å². The summed E-state index contributed by atoms with van der Waals surface area (Å²) in [7, 11) is -9.98. The molecule has 0 aromatic rings. The van der Waals surface area contributed by atoms with Crippen LogP contribution < -0.4 is 0 Å². The maximum absolute atomic E-state index is 13.1. The Kier molecular flexibility index (Phi) is 70.5. The van der Waals surface area contributed by atoms with Crippen LogP contribution in [0.2, 0.25) is 0 Å². The highest BCUT2D eigenvalue weighted by Gasteiger charge is 2.30. The number of phosphoric acid groups is 2. The van der Waals surface area contributed by atoms with Gasteiger partial charge in [-0.3, -0.25) is 37.3 Å². The molecule has 0 rings (SSSR count). The molecular weight excluding hydrogens is 1330 g/mol. The lowest BCUT2D eigenvalue weighted by Gasteiger charge is -2.21. The van der Waals surface area contributed by atoms with E-state index in [1.807, 2.05) is 0 Å². The number of aliphatic hydroxyl groups excluding tert-OH is 1. The lowest BCUT2D eigenvalue weighted by Crippen LogP contribution is -2.30. The zero-order valence-electron chi connectivity index (χ0n) is 63.5. The molecule has 17 nitrogen and oxygen atoms in total. The third-order valence-corrected chi connectivity index (χ3v) is 17.7. The predicted molar refractivity (Wildman–Crippen MR) is 417 cm³/mol. The van der Waals surface area contributed by atoms with Gasteiger partial charge in [0.15, 0.2) is 12.2 Å². The molecule has 0 amide bonds. The van der Waals surface area contributed by atoms with Crippen molar-refractivity contribution in [1.29, 1.82) is 0 Å². The van der Waals surface area contributed by atoms with Crippen molar-refractivity contribution in [3.05, 3.63) is 146 Å². The Hall–Kier alpha value is -5.06. The molecule has 0 radical (unpaired) electrons. The van der Waals surface area contributed by atoms with Crippen molar-refractivity contribution >= 4 is 39.5 Å². The standard InChI is InChI=1S/C83H138O17P2/c1-5-9-13-17-21-25-29-33-36-37-38-39-42-45-48-52-56-60-64-68-81(86)94-73-78(99-82(87)69-65-61-57-53-49-43-32-28-24-20-16-12-8-4)75-97-101(89,90)95-71-77(84)72-96-102(91,92)98-76-79(100-83(88)70-66-62-58-54-50-46-41-35-31-27-23-19-15-11-7-3)74-93-80(85)67-63-59-55-51-47-44-40-34-30-26-22-18-14-10-6-2/h9-11,13-15,21-23,25-28,32-36,38-41,45,48,77-79,84H,5-8,12,16-20,24,29-31,37,42-44,46-47,49-76H2,1-4H3,(H,89,90)(H,91,92)/b13-9-,14-10-,15-11-,25-21-,26-22-,27-23-,32-28-,36-33-,39-38-,40-34-,41-35-,48-45-. The van der Waals surface area contributed by atoms with Crippen molar-refractivity contribution in [2.75, 3.05) is 39.6 Å². The van der Waals surface area contributed by atoms with Crippen LogP contribution in [0.25, 0.3) is 0 Å². The van der Waals surface area contributed by atoms with Crippen molar-refractivity contribution in [3.8, 4) is 0 Å². The summed E-state index contributed by atoms with van der Waals surface area (Å²) in [6, 6.07) is 0. The second-order valence-electron chi connectivity index (χ2n) is 25.5. The Morgan fingerprint density at radius 2 is 0.510 bits per heavy atom. The van der Waals surface area contributed by atoms with E-state index in [0.717, 1.165) is 193 Å². The molecule has 0 aromatic heterocycles. The quantitative estimate of drug-likeness (QED) is 0.0169. The van der Waals surface area contributed by atoms with Crippen molar-refractivity contribution in [2.45, 2.75) is 316 Å². The van der Waals surface area contributed by atoms with Gasteiger partial charge in [-0.25, -0.2) is 9.13 Å². The van der Waals surface area contributed by atoms with E-state index < -0.39 is 97.5 Å². The van der Waals surface area contributed by atoms with Crippen LogP contribution in [0.15, 0.2) is 146 Å². The summed E-state index contributed by atoms with van der Waals surface area (Å²) in [6.45, 7) is 4.43. The number of allylic oxidation sites excluding steroid dienone is 24. The maximum atomic E-state index is 13.1. The number of carbonyl (C=O) groups excluding carboxylic acids is 4. The highest BCUT2D eigenvalue weighted by atomic mass is 31.2. The average Bonchev–Trinajstić information content (AvgIpc) is 0.908. The van der Waals surface area contributed by atoms with E-state index in [0.29, 0.717) is 25.7 Å². The molecule has 582 valence electrons. The van der Waals surface area contributed by atoms with Crippen LogP contribution in [0.5, 0.6) is 0 Å². The Morgan fingerprint density at radius 1 is 0.284 bits per heavy atom. The third-order valence-electron chi connectivity index (χ3n) is 15.8. The van der Waals surface area contributed by atoms with Crippen molar-refractivity contribution in [1.82, 2.24) is 0 Å². The van der Waals surface area contributed by atoms with E-state index >= 15 is 0 Å². The molecule has 5 unspecified atom stereocenters. The Labute approximate surface area is 617 Å². The van der Waals surface area contributed by atoms with Gasteiger partial charge in [-0.2, -0.15) is 0 Å². The minimum atomic E-state index is -4.99. The summed E-state index contributed by atoms with van der Waals surface area (Å²) < 4.78 is 68.5. The summed E-state index contributed by atoms with van der Waals surface area (Å²) in [5.74, 6) is -2.26. The highest BCUT2D eigenvalue weighted by Crippen LogP contribution is 2.45. The second-order valence-corrected chi connectivity index (χ2v) is 28.4. The van der Waals surface area contributed by atoms with Crippen molar-refractivity contribution in [3.63, 3.8) is 0 Å². The minimum absolute atomic E-state index is 0.0669. The Bertz CT molecular complexity index is 2510. The van der Waals surface area contributed by atoms with E-state index in [9.17, 15) is 43.2 Å². The predicted octanol–water partition coefficient (Wildman–Crippen LogP) is 22.7. The fourth-order valence-electron chi connectivity index (χ4n) is 9.92. The SMILES string of the molecule is CC/C=C\C/C=C\C/C=C\C/C=C\C/C=C\CCCCCC(=O)OCC(COP(=O)(O)OCC(O)COP(=O)(O)OCC(COC(=O)CCCCCCC/C=C\C/C=C\C/C=C\CC)OC(=O)CCCCCCC/C=C\C/C=C\C/C=C\CC)OC(=O)CCCCCCC/C=C\CCCCCC. The fraction of sp³-hybridized carbons (Fsp3) is 0.663. The largest absolute Gasteiger partial charge is 0.472 e. The summed E-state index contributed by atoms with van der Waals surface area (Å²) >= 11 is 0. The third kappa shape index (κ3) is 73.3. The van der Waals surface area contributed by atoms with E-state index in [-0.39, 0.29) is 25.7 Å². The van der Waals surface area contributed by atoms with Gasteiger partial charge < -0.3 is 33.8 Å². The summed E-state index contributed by atoms with van der Waals surface area (Å²) in [6.07, 6.45) is 84.0. The lowest BCUT2D eigenvalue weighted by atomic mass is 10.1. The molecule has 19 heteroatoms. The normalized spacial score (nSPS) is 14.7. The van der Waals surface area contributed by atoms with Crippen LogP contribution in [-0.4, -0.2) is 96.7 Å². The lowest BCUT2D eigenvalue weighted by molar-refractivity contribution is -0.161. The van der Waals surface area contributed by atoms with E-state index in [1.165, 1.54) is 25.7 Å². The molecule has 0 aliphatic rings. The summed E-state index contributed by atoms with van der Waals surface area (Å²) in [4.78, 5) is 72.9. The molecule has 0 fully saturated rings. The van der Waals surface area contributed by atoms with Gasteiger partial charge in [-0.15, -0.1) is 0 Å². The molecule has 102 heavy (non-hydrogen) atoms. The minimum Gasteiger partial charge on any atom is -0.462 e. The molecule has 0 saturated carbocycles. The topological polar surface area (TPSA) is 237 Å². The summed E-state index contributed by atoms with van der Waals surface area (Å²) in [5.41, 5.74) is 0. The van der Waals surface area contributed by atoms with Crippen LogP contribution in [0.3, 0.4) is 0 Å². The number of unbranched alkanes of at least 4 members (excludes halogenated alkanes) is 22. The first-order valence-electron chi connectivity index (χ1n) is 39.1. The number of hydrogen-bond donors (Lipinski definition) is 3.